The molecule has 0 N–H and O–H groups in total. The van der Waals surface area contributed by atoms with Crippen LogP contribution in [0.4, 0.5) is 0 Å². The summed E-state index contributed by atoms with van der Waals surface area (Å²) >= 11 is 3.38. The molecule has 1 unspecified atom stereocenters. The van der Waals surface area contributed by atoms with E-state index in [1.807, 2.05) is 12.1 Å². The van der Waals surface area contributed by atoms with Crippen molar-refractivity contribution in [3.8, 4) is 0 Å². The third kappa shape index (κ3) is 1.44. The van der Waals surface area contributed by atoms with Crippen LogP contribution in [0.2, 0.25) is 0 Å². The summed E-state index contributed by atoms with van der Waals surface area (Å²) in [4.78, 5) is 10.4. The van der Waals surface area contributed by atoms with Crippen molar-refractivity contribution >= 4 is 22.2 Å². The van der Waals surface area contributed by atoms with E-state index in [9.17, 15) is 4.79 Å². The van der Waals surface area contributed by atoms with Gasteiger partial charge in [0.25, 0.3) is 0 Å². The molecule has 0 amide bonds. The maximum absolute atomic E-state index is 10.4. The van der Waals surface area contributed by atoms with E-state index in [1.165, 1.54) is 5.56 Å². The second-order valence-electron chi connectivity index (χ2n) is 3.19. The number of carbonyl (C=O) groups excluding carboxylic acids is 1. The van der Waals surface area contributed by atoms with Crippen LogP contribution in [0.1, 0.15) is 17.9 Å². The molecule has 0 aliphatic heterocycles. The molecule has 1 aliphatic carbocycles. The number of aldehydes is 1. The van der Waals surface area contributed by atoms with Crippen LogP contribution in [-0.4, -0.2) is 6.29 Å². The predicted molar refractivity (Wildman–Crippen MR) is 51.1 cm³/mol. The number of halogens is 1. The van der Waals surface area contributed by atoms with Gasteiger partial charge in [0.05, 0.1) is 0 Å². The van der Waals surface area contributed by atoms with Crippen molar-refractivity contribution in [2.45, 2.75) is 12.3 Å². The molecule has 0 bridgehead atoms. The van der Waals surface area contributed by atoms with E-state index in [1.54, 1.807) is 0 Å². The zero-order chi connectivity index (χ0) is 8.55. The second-order valence-corrected chi connectivity index (χ2v) is 4.11. The molecule has 0 aromatic heterocycles. The monoisotopic (exact) mass is 224 g/mol. The molecule has 12 heavy (non-hydrogen) atoms. The fourth-order valence-electron chi connectivity index (χ4n) is 1.46. The van der Waals surface area contributed by atoms with Crippen molar-refractivity contribution in [2.24, 2.45) is 5.92 Å². The first-order chi connectivity index (χ1) is 5.81. The van der Waals surface area contributed by atoms with Gasteiger partial charge < -0.3 is 4.79 Å². The third-order valence-electron chi connectivity index (χ3n) is 2.31. The molecule has 0 spiro atoms. The van der Waals surface area contributed by atoms with Crippen LogP contribution in [0.5, 0.6) is 0 Å². The summed E-state index contributed by atoms with van der Waals surface area (Å²) in [7, 11) is 0. The van der Waals surface area contributed by atoms with E-state index in [-0.39, 0.29) is 5.92 Å². The van der Waals surface area contributed by atoms with Crippen molar-refractivity contribution in [1.82, 2.24) is 0 Å². The van der Waals surface area contributed by atoms with Crippen LogP contribution in [-0.2, 0) is 4.79 Å². The lowest BCUT2D eigenvalue weighted by Gasteiger charge is -1.96. The van der Waals surface area contributed by atoms with Crippen molar-refractivity contribution < 1.29 is 4.79 Å². The molecule has 2 heteroatoms. The summed E-state index contributed by atoms with van der Waals surface area (Å²) in [5, 5.41) is 0. The highest BCUT2D eigenvalue weighted by Gasteiger charge is 2.37. The predicted octanol–water partition coefficient (Wildman–Crippen LogP) is 2.75. The summed E-state index contributed by atoms with van der Waals surface area (Å²) in [5.74, 6) is 0.779. The fourth-order valence-corrected chi connectivity index (χ4v) is 1.72. The molecule has 1 saturated carbocycles. The Morgan fingerprint density at radius 2 is 2.00 bits per heavy atom. The van der Waals surface area contributed by atoms with Crippen molar-refractivity contribution in [3.63, 3.8) is 0 Å². The van der Waals surface area contributed by atoms with Gasteiger partial charge in [0.1, 0.15) is 6.29 Å². The number of benzene rings is 1. The summed E-state index contributed by atoms with van der Waals surface area (Å²) in [6.45, 7) is 0. The van der Waals surface area contributed by atoms with Gasteiger partial charge in [-0.15, -0.1) is 0 Å². The number of hydrogen-bond acceptors (Lipinski definition) is 1. The molecule has 1 nitrogen and oxygen atoms in total. The molecule has 62 valence electrons. The molecule has 1 aromatic rings. The molecule has 1 aliphatic rings. The first-order valence-electron chi connectivity index (χ1n) is 4.02. The second kappa shape index (κ2) is 3.02. The zero-order valence-electron chi connectivity index (χ0n) is 6.53. The van der Waals surface area contributed by atoms with E-state index in [0.29, 0.717) is 5.92 Å². The van der Waals surface area contributed by atoms with E-state index in [0.717, 1.165) is 17.2 Å². The van der Waals surface area contributed by atoms with Crippen LogP contribution in [0, 0.1) is 5.92 Å². The van der Waals surface area contributed by atoms with E-state index >= 15 is 0 Å². The van der Waals surface area contributed by atoms with Crippen molar-refractivity contribution in [2.75, 3.05) is 0 Å². The normalized spacial score (nSPS) is 26.8. The molecule has 0 heterocycles. The van der Waals surface area contributed by atoms with E-state index in [4.69, 9.17) is 0 Å². The van der Waals surface area contributed by atoms with Crippen molar-refractivity contribution in [3.05, 3.63) is 34.3 Å². The minimum Gasteiger partial charge on any atom is -0.303 e. The summed E-state index contributed by atoms with van der Waals surface area (Å²) in [6, 6.07) is 8.21. The van der Waals surface area contributed by atoms with Gasteiger partial charge in [-0.05, 0) is 30.0 Å². The fraction of sp³-hybridized carbons (Fsp3) is 0.300. The minimum atomic E-state index is 0.283. The van der Waals surface area contributed by atoms with Gasteiger partial charge in [0.2, 0.25) is 0 Å². The minimum absolute atomic E-state index is 0.283. The van der Waals surface area contributed by atoms with E-state index in [2.05, 4.69) is 28.1 Å². The highest BCUT2D eigenvalue weighted by atomic mass is 79.9. The van der Waals surface area contributed by atoms with Gasteiger partial charge in [0, 0.05) is 10.4 Å². The smallest absolute Gasteiger partial charge is 0.123 e. The molecule has 2 atom stereocenters. The van der Waals surface area contributed by atoms with Crippen LogP contribution >= 0.6 is 15.9 Å². The molecule has 1 fully saturated rings. The largest absolute Gasteiger partial charge is 0.303 e. The maximum atomic E-state index is 10.4. The molecule has 0 saturated heterocycles. The van der Waals surface area contributed by atoms with Crippen molar-refractivity contribution in [1.29, 1.82) is 0 Å². The highest BCUT2D eigenvalue weighted by Crippen LogP contribution is 2.45. The Bertz CT molecular complexity index is 291. The third-order valence-corrected chi connectivity index (χ3v) is 2.84. The Morgan fingerprint density at radius 3 is 2.50 bits per heavy atom. The number of hydrogen-bond donors (Lipinski definition) is 0. The highest BCUT2D eigenvalue weighted by molar-refractivity contribution is 9.10. The Hall–Kier alpha value is -0.630. The van der Waals surface area contributed by atoms with Gasteiger partial charge in [-0.1, -0.05) is 28.1 Å². The molecular formula is C10H9BrO. The Balaban J connectivity index is 2.15. The summed E-state index contributed by atoms with van der Waals surface area (Å²) in [5.41, 5.74) is 1.29. The standard InChI is InChI=1S/C10H9BrO/c11-9-3-1-7(2-4-9)10-5-8(10)6-12/h1-4,6,8,10H,5H2/t8?,10-/m1/s1. The number of rotatable bonds is 2. The maximum Gasteiger partial charge on any atom is 0.123 e. The lowest BCUT2D eigenvalue weighted by Crippen LogP contribution is -1.83. The quantitative estimate of drug-likeness (QED) is 0.707. The van der Waals surface area contributed by atoms with Crippen LogP contribution in [0.3, 0.4) is 0 Å². The van der Waals surface area contributed by atoms with E-state index < -0.39 is 0 Å². The van der Waals surface area contributed by atoms with Gasteiger partial charge >= 0.3 is 0 Å². The molecule has 2 rings (SSSR count). The van der Waals surface area contributed by atoms with Crippen LogP contribution in [0.25, 0.3) is 0 Å². The zero-order valence-corrected chi connectivity index (χ0v) is 8.12. The molecule has 0 radical (unpaired) electrons. The van der Waals surface area contributed by atoms with Gasteiger partial charge in [-0.2, -0.15) is 0 Å². The summed E-state index contributed by atoms with van der Waals surface area (Å²) < 4.78 is 1.09. The average molecular weight is 225 g/mol. The summed E-state index contributed by atoms with van der Waals surface area (Å²) in [6.07, 6.45) is 2.10. The lowest BCUT2D eigenvalue weighted by atomic mass is 10.1. The Kier molecular flexibility index (Phi) is 2.01. The van der Waals surface area contributed by atoms with Gasteiger partial charge in [-0.3, -0.25) is 0 Å². The topological polar surface area (TPSA) is 17.1 Å². The average Bonchev–Trinajstić information content (AvgIpc) is 2.85. The number of carbonyl (C=O) groups is 1. The van der Waals surface area contributed by atoms with Gasteiger partial charge in [0.15, 0.2) is 0 Å². The molecule has 1 aromatic carbocycles. The first-order valence-corrected chi connectivity index (χ1v) is 4.81. The Labute approximate surface area is 79.9 Å². The SMILES string of the molecule is O=CC1C[C@@H]1c1ccc(Br)cc1. The van der Waals surface area contributed by atoms with Gasteiger partial charge in [-0.25, -0.2) is 0 Å². The first kappa shape index (κ1) is 7.99. The molecular weight excluding hydrogens is 216 g/mol. The van der Waals surface area contributed by atoms with Crippen LogP contribution < -0.4 is 0 Å². The Morgan fingerprint density at radius 1 is 1.33 bits per heavy atom. The lowest BCUT2D eigenvalue weighted by molar-refractivity contribution is -0.108. The van der Waals surface area contributed by atoms with Crippen LogP contribution in [0.15, 0.2) is 28.7 Å².